The fourth-order valence-electron chi connectivity index (χ4n) is 4.00. The summed E-state index contributed by atoms with van der Waals surface area (Å²) in [5, 5.41) is 0.808. The SMILES string of the molecule is Cc1ccc(CC2CCCN(C3CCCCC3)C2=O)c(Cl)c1. The van der Waals surface area contributed by atoms with Crippen LogP contribution < -0.4 is 0 Å². The molecular formula is C19H26ClNO. The van der Waals surface area contributed by atoms with Crippen LogP contribution in [-0.4, -0.2) is 23.4 Å². The van der Waals surface area contributed by atoms with Crippen LogP contribution in [0.1, 0.15) is 56.1 Å². The zero-order valence-electron chi connectivity index (χ0n) is 13.5. The third-order valence-electron chi connectivity index (χ3n) is 5.27. The van der Waals surface area contributed by atoms with E-state index in [-0.39, 0.29) is 5.92 Å². The number of halogens is 1. The second-order valence-corrected chi connectivity index (χ2v) is 7.37. The zero-order chi connectivity index (χ0) is 15.5. The van der Waals surface area contributed by atoms with E-state index in [0.29, 0.717) is 11.9 Å². The van der Waals surface area contributed by atoms with Gasteiger partial charge in [0.1, 0.15) is 0 Å². The van der Waals surface area contributed by atoms with Crippen LogP contribution in [0.3, 0.4) is 0 Å². The Balaban J connectivity index is 1.69. The van der Waals surface area contributed by atoms with Crippen LogP contribution in [0.2, 0.25) is 5.02 Å². The molecule has 0 bridgehead atoms. The Morgan fingerprint density at radius 2 is 1.91 bits per heavy atom. The maximum absolute atomic E-state index is 12.9. The van der Waals surface area contributed by atoms with E-state index in [2.05, 4.69) is 17.0 Å². The van der Waals surface area contributed by atoms with Gasteiger partial charge in [0.25, 0.3) is 0 Å². The number of carbonyl (C=O) groups is 1. The van der Waals surface area contributed by atoms with Crippen molar-refractivity contribution in [2.24, 2.45) is 5.92 Å². The average Bonchev–Trinajstić information content (AvgIpc) is 2.53. The highest BCUT2D eigenvalue weighted by Crippen LogP contribution is 2.31. The average molecular weight is 320 g/mol. The fourth-order valence-corrected chi connectivity index (χ4v) is 4.32. The van der Waals surface area contributed by atoms with Gasteiger partial charge in [-0.3, -0.25) is 4.79 Å². The molecule has 1 atom stereocenters. The van der Waals surface area contributed by atoms with Crippen LogP contribution in [0.4, 0.5) is 0 Å². The molecule has 1 amide bonds. The van der Waals surface area contributed by atoms with Crippen molar-refractivity contribution in [3.63, 3.8) is 0 Å². The second-order valence-electron chi connectivity index (χ2n) is 6.96. The zero-order valence-corrected chi connectivity index (χ0v) is 14.2. The lowest BCUT2D eigenvalue weighted by atomic mass is 9.86. The minimum atomic E-state index is 0.121. The molecule has 1 saturated carbocycles. The van der Waals surface area contributed by atoms with E-state index in [1.54, 1.807) is 0 Å². The highest BCUT2D eigenvalue weighted by Gasteiger charge is 2.33. The summed E-state index contributed by atoms with van der Waals surface area (Å²) in [4.78, 5) is 15.1. The number of aryl methyl sites for hydroxylation is 1. The highest BCUT2D eigenvalue weighted by atomic mass is 35.5. The van der Waals surface area contributed by atoms with E-state index in [4.69, 9.17) is 11.6 Å². The smallest absolute Gasteiger partial charge is 0.226 e. The van der Waals surface area contributed by atoms with E-state index in [1.165, 1.54) is 37.7 Å². The van der Waals surface area contributed by atoms with Crippen molar-refractivity contribution >= 4 is 17.5 Å². The quantitative estimate of drug-likeness (QED) is 0.786. The van der Waals surface area contributed by atoms with Gasteiger partial charge in [0, 0.05) is 23.5 Å². The normalized spacial score (nSPS) is 23.8. The Kier molecular flexibility index (Phi) is 5.07. The number of carbonyl (C=O) groups excluding carboxylic acids is 1. The van der Waals surface area contributed by atoms with Gasteiger partial charge in [-0.15, -0.1) is 0 Å². The summed E-state index contributed by atoms with van der Waals surface area (Å²) >= 11 is 6.36. The fraction of sp³-hybridized carbons (Fsp3) is 0.632. The van der Waals surface area contributed by atoms with E-state index >= 15 is 0 Å². The third-order valence-corrected chi connectivity index (χ3v) is 5.63. The summed E-state index contributed by atoms with van der Waals surface area (Å²) < 4.78 is 0. The number of piperidine rings is 1. The third kappa shape index (κ3) is 3.48. The van der Waals surface area contributed by atoms with Crippen LogP contribution in [0, 0.1) is 12.8 Å². The Hall–Kier alpha value is -1.02. The first-order valence-electron chi connectivity index (χ1n) is 8.70. The molecule has 1 unspecified atom stereocenters. The predicted octanol–water partition coefficient (Wildman–Crippen LogP) is 4.76. The summed E-state index contributed by atoms with van der Waals surface area (Å²) in [6, 6.07) is 6.68. The van der Waals surface area contributed by atoms with Crippen molar-refractivity contribution in [3.8, 4) is 0 Å². The van der Waals surface area contributed by atoms with Gasteiger partial charge in [0.05, 0.1) is 0 Å². The summed E-state index contributed by atoms with van der Waals surface area (Å²) in [5.41, 5.74) is 2.30. The predicted molar refractivity (Wildman–Crippen MR) is 91.2 cm³/mol. The van der Waals surface area contributed by atoms with Crippen LogP contribution >= 0.6 is 11.6 Å². The first-order valence-corrected chi connectivity index (χ1v) is 9.08. The lowest BCUT2D eigenvalue weighted by Gasteiger charge is -2.40. The molecule has 2 fully saturated rings. The topological polar surface area (TPSA) is 20.3 Å². The molecule has 2 nitrogen and oxygen atoms in total. The lowest BCUT2D eigenvalue weighted by Crippen LogP contribution is -2.48. The van der Waals surface area contributed by atoms with Crippen LogP contribution in [-0.2, 0) is 11.2 Å². The Labute approximate surface area is 138 Å². The Bertz CT molecular complexity index is 536. The van der Waals surface area contributed by atoms with Gasteiger partial charge in [0.2, 0.25) is 5.91 Å². The molecule has 1 aliphatic carbocycles. The highest BCUT2D eigenvalue weighted by molar-refractivity contribution is 6.31. The van der Waals surface area contributed by atoms with Gasteiger partial charge in [-0.25, -0.2) is 0 Å². The molecule has 0 N–H and O–H groups in total. The van der Waals surface area contributed by atoms with Crippen LogP contribution in [0.25, 0.3) is 0 Å². The Morgan fingerprint density at radius 3 is 2.64 bits per heavy atom. The molecule has 120 valence electrons. The maximum atomic E-state index is 12.9. The molecule has 1 saturated heterocycles. The van der Waals surface area contributed by atoms with Crippen molar-refractivity contribution in [2.45, 2.75) is 64.3 Å². The number of rotatable bonds is 3. The van der Waals surface area contributed by atoms with Crippen LogP contribution in [0.5, 0.6) is 0 Å². The van der Waals surface area contributed by atoms with Gasteiger partial charge in [-0.2, -0.15) is 0 Å². The van der Waals surface area contributed by atoms with Gasteiger partial charge in [0.15, 0.2) is 0 Å². The minimum Gasteiger partial charge on any atom is -0.339 e. The molecule has 1 aromatic rings. The Morgan fingerprint density at radius 1 is 1.14 bits per heavy atom. The summed E-state index contributed by atoms with van der Waals surface area (Å²) in [7, 11) is 0. The number of hydrogen-bond donors (Lipinski definition) is 0. The van der Waals surface area contributed by atoms with Crippen molar-refractivity contribution in [1.82, 2.24) is 4.90 Å². The maximum Gasteiger partial charge on any atom is 0.226 e. The molecule has 3 heteroatoms. The van der Waals surface area contributed by atoms with Crippen LogP contribution in [0.15, 0.2) is 18.2 Å². The van der Waals surface area contributed by atoms with Gasteiger partial charge < -0.3 is 4.90 Å². The van der Waals surface area contributed by atoms with E-state index in [9.17, 15) is 4.79 Å². The van der Waals surface area contributed by atoms with Crippen molar-refractivity contribution in [2.75, 3.05) is 6.54 Å². The van der Waals surface area contributed by atoms with E-state index in [0.717, 1.165) is 36.4 Å². The van der Waals surface area contributed by atoms with Gasteiger partial charge in [-0.1, -0.05) is 43.0 Å². The summed E-state index contributed by atoms with van der Waals surface area (Å²) in [6.45, 7) is 3.01. The molecule has 0 radical (unpaired) electrons. The number of likely N-dealkylation sites (tertiary alicyclic amines) is 1. The summed E-state index contributed by atoms with van der Waals surface area (Å²) in [6.07, 6.45) is 9.23. The van der Waals surface area contributed by atoms with Crippen molar-refractivity contribution < 1.29 is 4.79 Å². The number of hydrogen-bond acceptors (Lipinski definition) is 1. The molecule has 1 heterocycles. The molecule has 22 heavy (non-hydrogen) atoms. The van der Waals surface area contributed by atoms with E-state index in [1.807, 2.05) is 13.0 Å². The van der Waals surface area contributed by atoms with E-state index < -0.39 is 0 Å². The lowest BCUT2D eigenvalue weighted by molar-refractivity contribution is -0.141. The molecule has 1 aromatic carbocycles. The molecule has 2 aliphatic rings. The second kappa shape index (κ2) is 7.04. The molecule has 1 aliphatic heterocycles. The number of amides is 1. The molecular weight excluding hydrogens is 294 g/mol. The van der Waals surface area contributed by atoms with Gasteiger partial charge in [-0.05, 0) is 56.2 Å². The first kappa shape index (κ1) is 15.9. The standard InChI is InChI=1S/C19H26ClNO/c1-14-9-10-15(18(20)12-14)13-16-6-5-11-21(19(16)22)17-7-3-2-4-8-17/h9-10,12,16-17H,2-8,11,13H2,1H3. The van der Waals surface area contributed by atoms with Crippen molar-refractivity contribution in [3.05, 3.63) is 34.3 Å². The number of benzene rings is 1. The first-order chi connectivity index (χ1) is 10.6. The largest absolute Gasteiger partial charge is 0.339 e. The molecule has 3 rings (SSSR count). The monoisotopic (exact) mass is 319 g/mol. The van der Waals surface area contributed by atoms with Gasteiger partial charge >= 0.3 is 0 Å². The number of nitrogens with zero attached hydrogens (tertiary/aromatic N) is 1. The van der Waals surface area contributed by atoms with Crippen molar-refractivity contribution in [1.29, 1.82) is 0 Å². The summed E-state index contributed by atoms with van der Waals surface area (Å²) in [5.74, 6) is 0.491. The molecule has 0 spiro atoms. The molecule has 0 aromatic heterocycles. The minimum absolute atomic E-state index is 0.121.